The summed E-state index contributed by atoms with van der Waals surface area (Å²) in [5.41, 5.74) is 2.26. The molecular weight excluding hydrogens is 326 g/mol. The van der Waals surface area contributed by atoms with Crippen LogP contribution in [-0.4, -0.2) is 22.5 Å². The van der Waals surface area contributed by atoms with Crippen LogP contribution in [-0.2, 0) is 11.2 Å². The number of benzene rings is 1. The highest BCUT2D eigenvalue weighted by molar-refractivity contribution is 9.09. The number of nitrogens with zero attached hydrogens (tertiary/aromatic N) is 1. The zero-order chi connectivity index (χ0) is 14.5. The Morgan fingerprint density at radius 1 is 1.19 bits per heavy atom. The Morgan fingerprint density at radius 3 is 2.95 bits per heavy atom. The number of pyridine rings is 1. The van der Waals surface area contributed by atoms with E-state index in [9.17, 15) is 0 Å². The predicted octanol–water partition coefficient (Wildman–Crippen LogP) is 4.89. The van der Waals surface area contributed by atoms with Crippen LogP contribution in [0, 0.1) is 0 Å². The minimum atomic E-state index is 0.475. The Balaban J connectivity index is 1.54. The number of halogens is 1. The third-order valence-corrected chi connectivity index (χ3v) is 4.94. The molecule has 1 aliphatic heterocycles. The van der Waals surface area contributed by atoms with E-state index in [1.165, 1.54) is 30.3 Å². The summed E-state index contributed by atoms with van der Waals surface area (Å²) < 4.78 is 5.80. The summed E-state index contributed by atoms with van der Waals surface area (Å²) in [6.45, 7) is 0.948. The molecule has 21 heavy (non-hydrogen) atoms. The zero-order valence-electron chi connectivity index (χ0n) is 12.3. The van der Waals surface area contributed by atoms with Gasteiger partial charge in [0, 0.05) is 28.9 Å². The van der Waals surface area contributed by atoms with Crippen molar-refractivity contribution in [3.05, 3.63) is 42.1 Å². The molecular formula is C18H22BrNO. The van der Waals surface area contributed by atoms with Crippen molar-refractivity contribution in [3.63, 3.8) is 0 Å². The first-order valence-corrected chi connectivity index (χ1v) is 8.83. The highest BCUT2D eigenvalue weighted by atomic mass is 79.9. The smallest absolute Gasteiger partial charge is 0.0705 e. The number of hydrogen-bond donors (Lipinski definition) is 0. The van der Waals surface area contributed by atoms with E-state index in [0.29, 0.717) is 10.9 Å². The molecule has 2 heterocycles. The summed E-state index contributed by atoms with van der Waals surface area (Å²) in [6, 6.07) is 12.6. The minimum Gasteiger partial charge on any atom is -0.378 e. The largest absolute Gasteiger partial charge is 0.378 e. The highest BCUT2D eigenvalue weighted by Gasteiger charge is 2.16. The molecule has 2 nitrogen and oxygen atoms in total. The second-order valence-electron chi connectivity index (χ2n) is 5.86. The average Bonchev–Trinajstić information content (AvgIpc) is 2.54. The molecule has 112 valence electrons. The fourth-order valence-electron chi connectivity index (χ4n) is 2.95. The number of alkyl halides is 1. The van der Waals surface area contributed by atoms with E-state index in [1.54, 1.807) is 0 Å². The summed E-state index contributed by atoms with van der Waals surface area (Å²) in [5.74, 6) is 0. The van der Waals surface area contributed by atoms with Crippen molar-refractivity contribution >= 4 is 26.8 Å². The second-order valence-corrected chi connectivity index (χ2v) is 7.16. The monoisotopic (exact) mass is 347 g/mol. The molecule has 0 bridgehead atoms. The first-order valence-electron chi connectivity index (χ1n) is 7.91. The van der Waals surface area contributed by atoms with Gasteiger partial charge in [0.1, 0.15) is 0 Å². The lowest BCUT2D eigenvalue weighted by Gasteiger charge is -2.23. The lowest BCUT2D eigenvalue weighted by molar-refractivity contribution is 0.0102. The Morgan fingerprint density at radius 2 is 2.10 bits per heavy atom. The van der Waals surface area contributed by atoms with Crippen LogP contribution in [0.1, 0.15) is 37.8 Å². The summed E-state index contributed by atoms with van der Waals surface area (Å²) in [4.78, 5) is 5.23. The van der Waals surface area contributed by atoms with Gasteiger partial charge in [0.15, 0.2) is 0 Å². The highest BCUT2D eigenvalue weighted by Crippen LogP contribution is 2.22. The van der Waals surface area contributed by atoms with Gasteiger partial charge in [-0.15, -0.1) is 0 Å². The first-order chi connectivity index (χ1) is 10.3. The number of aromatic nitrogens is 1. The molecule has 0 amide bonds. The molecule has 0 spiro atoms. The van der Waals surface area contributed by atoms with Gasteiger partial charge in [-0.1, -0.05) is 40.2 Å². The molecule has 3 rings (SSSR count). The van der Waals surface area contributed by atoms with Crippen LogP contribution >= 0.6 is 15.9 Å². The SMILES string of the molecule is BrC(CCC1CCCCO1)Cc1ccc2ccccc2n1. The van der Waals surface area contributed by atoms with Crippen LogP contribution < -0.4 is 0 Å². The maximum Gasteiger partial charge on any atom is 0.0705 e. The van der Waals surface area contributed by atoms with Crippen molar-refractivity contribution in [1.29, 1.82) is 0 Å². The number of fused-ring (bicyclic) bond motifs is 1. The van der Waals surface area contributed by atoms with Crippen LogP contribution in [0.25, 0.3) is 10.9 Å². The quantitative estimate of drug-likeness (QED) is 0.718. The topological polar surface area (TPSA) is 22.1 Å². The third-order valence-electron chi connectivity index (χ3n) is 4.16. The van der Waals surface area contributed by atoms with Crippen LogP contribution in [0.2, 0.25) is 0 Å². The van der Waals surface area contributed by atoms with Gasteiger partial charge in [-0.3, -0.25) is 4.98 Å². The van der Waals surface area contributed by atoms with Gasteiger partial charge in [0.05, 0.1) is 11.6 Å². The van der Waals surface area contributed by atoms with Crippen molar-refractivity contribution in [2.75, 3.05) is 6.61 Å². The molecule has 0 N–H and O–H groups in total. The van der Waals surface area contributed by atoms with Gasteiger partial charge in [-0.25, -0.2) is 0 Å². The molecule has 1 aliphatic rings. The van der Waals surface area contributed by atoms with Gasteiger partial charge < -0.3 is 4.74 Å². The van der Waals surface area contributed by atoms with E-state index in [-0.39, 0.29) is 0 Å². The number of rotatable bonds is 5. The zero-order valence-corrected chi connectivity index (χ0v) is 13.9. The van der Waals surface area contributed by atoms with Crippen molar-refractivity contribution in [3.8, 4) is 0 Å². The van der Waals surface area contributed by atoms with Gasteiger partial charge >= 0.3 is 0 Å². The lowest BCUT2D eigenvalue weighted by atomic mass is 10.0. The molecule has 2 unspecified atom stereocenters. The Hall–Kier alpha value is -0.930. The van der Waals surface area contributed by atoms with E-state index < -0.39 is 0 Å². The van der Waals surface area contributed by atoms with Crippen LogP contribution in [0.3, 0.4) is 0 Å². The first kappa shape index (κ1) is 15.0. The maximum atomic E-state index is 5.80. The van der Waals surface area contributed by atoms with Crippen LogP contribution in [0.15, 0.2) is 36.4 Å². The van der Waals surface area contributed by atoms with Gasteiger partial charge in [0.2, 0.25) is 0 Å². The molecule has 2 atom stereocenters. The van der Waals surface area contributed by atoms with Crippen molar-refractivity contribution in [2.24, 2.45) is 0 Å². The fraction of sp³-hybridized carbons (Fsp3) is 0.500. The molecule has 2 aromatic rings. The van der Waals surface area contributed by atoms with Crippen molar-refractivity contribution in [1.82, 2.24) is 4.98 Å². The average molecular weight is 348 g/mol. The van der Waals surface area contributed by atoms with E-state index in [2.05, 4.69) is 46.3 Å². The second kappa shape index (κ2) is 7.37. The lowest BCUT2D eigenvalue weighted by Crippen LogP contribution is -2.20. The van der Waals surface area contributed by atoms with E-state index in [4.69, 9.17) is 9.72 Å². The van der Waals surface area contributed by atoms with Gasteiger partial charge in [0.25, 0.3) is 0 Å². The molecule has 1 saturated heterocycles. The Labute approximate surface area is 135 Å². The van der Waals surface area contributed by atoms with E-state index >= 15 is 0 Å². The normalized spacial score (nSPS) is 20.5. The fourth-order valence-corrected chi connectivity index (χ4v) is 3.55. The van der Waals surface area contributed by atoms with Crippen LogP contribution in [0.5, 0.6) is 0 Å². The van der Waals surface area contributed by atoms with Crippen LogP contribution in [0.4, 0.5) is 0 Å². The molecule has 1 fully saturated rings. The van der Waals surface area contributed by atoms with E-state index in [0.717, 1.165) is 31.4 Å². The van der Waals surface area contributed by atoms with E-state index in [1.807, 2.05) is 6.07 Å². The standard InChI is InChI=1S/C18H22BrNO/c19-15(9-11-17-6-3-4-12-21-17)13-16-10-8-14-5-1-2-7-18(14)20-16/h1-2,5,7-8,10,15,17H,3-4,6,9,11-13H2. The predicted molar refractivity (Wildman–Crippen MR) is 91.0 cm³/mol. The molecule has 0 aliphatic carbocycles. The Bertz CT molecular complexity index is 580. The van der Waals surface area contributed by atoms with Gasteiger partial charge in [-0.05, 0) is 44.2 Å². The maximum absolute atomic E-state index is 5.80. The van der Waals surface area contributed by atoms with Gasteiger partial charge in [-0.2, -0.15) is 0 Å². The molecule has 0 saturated carbocycles. The molecule has 0 radical (unpaired) electrons. The number of para-hydroxylation sites is 1. The summed E-state index contributed by atoms with van der Waals surface area (Å²) in [5, 5.41) is 1.21. The number of hydrogen-bond acceptors (Lipinski definition) is 2. The Kier molecular flexibility index (Phi) is 5.26. The number of ether oxygens (including phenoxy) is 1. The minimum absolute atomic E-state index is 0.475. The molecule has 1 aromatic heterocycles. The van der Waals surface area contributed by atoms with Crippen molar-refractivity contribution in [2.45, 2.75) is 49.5 Å². The molecule has 3 heteroatoms. The third kappa shape index (κ3) is 4.27. The molecule has 1 aromatic carbocycles. The summed E-state index contributed by atoms with van der Waals surface area (Å²) in [6.07, 6.45) is 7.55. The van der Waals surface area contributed by atoms with Crippen molar-refractivity contribution < 1.29 is 4.74 Å². The summed E-state index contributed by atoms with van der Waals surface area (Å²) in [7, 11) is 0. The summed E-state index contributed by atoms with van der Waals surface area (Å²) >= 11 is 3.81.